The molecule has 6 heteroatoms. The van der Waals surface area contributed by atoms with E-state index in [1.165, 1.54) is 12.8 Å². The third-order valence-electron chi connectivity index (χ3n) is 2.90. The van der Waals surface area contributed by atoms with Crippen LogP contribution in [0.4, 0.5) is 5.82 Å². The van der Waals surface area contributed by atoms with Gasteiger partial charge in [-0.1, -0.05) is 11.6 Å². The lowest BCUT2D eigenvalue weighted by Gasteiger charge is -2.13. The van der Waals surface area contributed by atoms with E-state index < -0.39 is 0 Å². The van der Waals surface area contributed by atoms with E-state index in [2.05, 4.69) is 15.7 Å². The van der Waals surface area contributed by atoms with E-state index in [0.29, 0.717) is 16.8 Å². The molecule has 1 amide bonds. The number of nitrogens with one attached hydrogen (secondary N) is 2. The van der Waals surface area contributed by atoms with Gasteiger partial charge in [0.25, 0.3) is 5.91 Å². The lowest BCUT2D eigenvalue weighted by atomic mass is 10.2. The Balaban J connectivity index is 2.11. The second-order valence-corrected chi connectivity index (χ2v) is 4.68. The molecule has 17 heavy (non-hydrogen) atoms. The quantitative estimate of drug-likeness (QED) is 0.563. The summed E-state index contributed by atoms with van der Waals surface area (Å²) in [6.45, 7) is 1.99. The maximum absolute atomic E-state index is 11.9. The molecule has 0 saturated heterocycles. The van der Waals surface area contributed by atoms with E-state index in [-0.39, 0.29) is 17.6 Å². The summed E-state index contributed by atoms with van der Waals surface area (Å²) < 4.78 is 0. The minimum atomic E-state index is -0.258. The molecule has 1 aromatic rings. The number of carbonyl (C=O) groups is 1. The highest BCUT2D eigenvalue weighted by Gasteiger charge is 2.29. The number of nitrogens with two attached hydrogens (primary N) is 1. The summed E-state index contributed by atoms with van der Waals surface area (Å²) in [5.41, 5.74) is 2.59. The number of hydrazine groups is 1. The Bertz CT molecular complexity index is 433. The summed E-state index contributed by atoms with van der Waals surface area (Å²) in [6.07, 6.45) is 2.35. The van der Waals surface area contributed by atoms with Crippen molar-refractivity contribution in [1.82, 2.24) is 10.3 Å². The predicted octanol–water partition coefficient (Wildman–Crippen LogP) is 1.55. The van der Waals surface area contributed by atoms with E-state index in [1.807, 2.05) is 6.92 Å². The Kier molecular flexibility index (Phi) is 3.49. The van der Waals surface area contributed by atoms with Gasteiger partial charge < -0.3 is 10.7 Å². The summed E-state index contributed by atoms with van der Waals surface area (Å²) in [7, 11) is 0. The second-order valence-electron chi connectivity index (χ2n) is 4.27. The first kappa shape index (κ1) is 12.1. The molecule has 0 aliphatic heterocycles. The van der Waals surface area contributed by atoms with Crippen LogP contribution in [-0.2, 0) is 0 Å². The number of nitrogen functional groups attached to an aromatic ring is 1. The van der Waals surface area contributed by atoms with Crippen LogP contribution in [0.2, 0.25) is 5.02 Å². The second kappa shape index (κ2) is 4.89. The van der Waals surface area contributed by atoms with Crippen molar-refractivity contribution < 1.29 is 4.79 Å². The topological polar surface area (TPSA) is 80.0 Å². The standard InChI is InChI=1S/C11H15ClN4O/c1-6(7-2-3-7)14-11(17)10-8(12)4-5-9(15-10)16-13/h4-7H,2-3,13H2,1H3,(H,14,17)(H,15,16). The SMILES string of the molecule is CC(NC(=O)c1nc(NN)ccc1Cl)C1CC1. The van der Waals surface area contributed by atoms with Crippen molar-refractivity contribution in [3.63, 3.8) is 0 Å². The number of carbonyl (C=O) groups excluding carboxylic acids is 1. The van der Waals surface area contributed by atoms with Gasteiger partial charge >= 0.3 is 0 Å². The first-order valence-electron chi connectivity index (χ1n) is 5.56. The first-order chi connectivity index (χ1) is 8.11. The van der Waals surface area contributed by atoms with Gasteiger partial charge in [-0.15, -0.1) is 0 Å². The zero-order valence-corrected chi connectivity index (χ0v) is 10.3. The minimum Gasteiger partial charge on any atom is -0.348 e. The van der Waals surface area contributed by atoms with Crippen molar-refractivity contribution >= 4 is 23.3 Å². The largest absolute Gasteiger partial charge is 0.348 e. The van der Waals surface area contributed by atoms with E-state index >= 15 is 0 Å². The van der Waals surface area contributed by atoms with Gasteiger partial charge in [0.05, 0.1) is 5.02 Å². The molecule has 2 rings (SSSR count). The molecule has 92 valence electrons. The average Bonchev–Trinajstić information content (AvgIpc) is 3.13. The molecule has 1 fully saturated rings. The molecule has 1 saturated carbocycles. The molecular formula is C11H15ClN4O. The Morgan fingerprint density at radius 3 is 2.88 bits per heavy atom. The molecule has 1 aliphatic rings. The minimum absolute atomic E-state index is 0.162. The van der Waals surface area contributed by atoms with Crippen molar-refractivity contribution in [3.05, 3.63) is 22.8 Å². The third kappa shape index (κ3) is 2.87. The number of rotatable bonds is 4. The van der Waals surface area contributed by atoms with Crippen LogP contribution < -0.4 is 16.6 Å². The molecule has 0 bridgehead atoms. The van der Waals surface area contributed by atoms with Crippen molar-refractivity contribution in [2.45, 2.75) is 25.8 Å². The number of hydrogen-bond donors (Lipinski definition) is 3. The van der Waals surface area contributed by atoms with Crippen molar-refractivity contribution in [1.29, 1.82) is 0 Å². The number of nitrogens with zero attached hydrogens (tertiary/aromatic N) is 1. The van der Waals surface area contributed by atoms with Crippen molar-refractivity contribution in [3.8, 4) is 0 Å². The maximum atomic E-state index is 11.9. The zero-order chi connectivity index (χ0) is 12.4. The molecule has 1 atom stereocenters. The molecular weight excluding hydrogens is 240 g/mol. The normalized spacial score (nSPS) is 16.4. The van der Waals surface area contributed by atoms with Gasteiger partial charge in [0, 0.05) is 6.04 Å². The number of hydrogen-bond acceptors (Lipinski definition) is 4. The van der Waals surface area contributed by atoms with E-state index in [1.54, 1.807) is 12.1 Å². The van der Waals surface area contributed by atoms with Gasteiger partial charge in [0.1, 0.15) is 11.5 Å². The molecule has 1 unspecified atom stereocenters. The van der Waals surface area contributed by atoms with Crippen LogP contribution in [0, 0.1) is 5.92 Å². The number of aromatic nitrogens is 1. The van der Waals surface area contributed by atoms with Crippen LogP contribution >= 0.6 is 11.6 Å². The Morgan fingerprint density at radius 1 is 1.59 bits per heavy atom. The summed E-state index contributed by atoms with van der Waals surface area (Å²) in [4.78, 5) is 16.0. The van der Waals surface area contributed by atoms with Crippen molar-refractivity contribution in [2.75, 3.05) is 5.43 Å². The van der Waals surface area contributed by atoms with E-state index in [9.17, 15) is 4.79 Å². The summed E-state index contributed by atoms with van der Waals surface area (Å²) in [5, 5.41) is 3.22. The van der Waals surface area contributed by atoms with Crippen LogP contribution in [-0.4, -0.2) is 16.9 Å². The fourth-order valence-corrected chi connectivity index (χ4v) is 1.86. The van der Waals surface area contributed by atoms with Gasteiger partial charge in [-0.2, -0.15) is 0 Å². The number of pyridine rings is 1. The Hall–Kier alpha value is -1.33. The summed E-state index contributed by atoms with van der Waals surface area (Å²) in [5.74, 6) is 5.99. The number of anilines is 1. The van der Waals surface area contributed by atoms with Crippen LogP contribution in [0.1, 0.15) is 30.3 Å². The highest BCUT2D eigenvalue weighted by molar-refractivity contribution is 6.33. The molecule has 0 spiro atoms. The lowest BCUT2D eigenvalue weighted by Crippen LogP contribution is -2.34. The molecule has 1 aromatic heterocycles. The smallest absolute Gasteiger partial charge is 0.271 e. The van der Waals surface area contributed by atoms with Gasteiger partial charge in [0.2, 0.25) is 0 Å². The van der Waals surface area contributed by atoms with Crippen LogP contribution in [0.15, 0.2) is 12.1 Å². The van der Waals surface area contributed by atoms with E-state index in [4.69, 9.17) is 17.4 Å². The molecule has 1 heterocycles. The fourth-order valence-electron chi connectivity index (χ4n) is 1.67. The van der Waals surface area contributed by atoms with Gasteiger partial charge in [-0.3, -0.25) is 4.79 Å². The van der Waals surface area contributed by atoms with Gasteiger partial charge in [0.15, 0.2) is 0 Å². The molecule has 1 aliphatic carbocycles. The van der Waals surface area contributed by atoms with Crippen LogP contribution in [0.25, 0.3) is 0 Å². The fraction of sp³-hybridized carbons (Fsp3) is 0.455. The Morgan fingerprint density at radius 2 is 2.29 bits per heavy atom. The molecule has 0 radical (unpaired) electrons. The first-order valence-corrected chi connectivity index (χ1v) is 5.93. The van der Waals surface area contributed by atoms with E-state index in [0.717, 1.165) is 0 Å². The highest BCUT2D eigenvalue weighted by Crippen LogP contribution is 2.32. The lowest BCUT2D eigenvalue weighted by molar-refractivity contribution is 0.0931. The average molecular weight is 255 g/mol. The number of amides is 1. The third-order valence-corrected chi connectivity index (χ3v) is 3.20. The van der Waals surface area contributed by atoms with Crippen LogP contribution in [0.3, 0.4) is 0 Å². The maximum Gasteiger partial charge on any atom is 0.271 e. The monoisotopic (exact) mass is 254 g/mol. The highest BCUT2D eigenvalue weighted by atomic mass is 35.5. The summed E-state index contributed by atoms with van der Waals surface area (Å²) in [6, 6.07) is 3.37. The summed E-state index contributed by atoms with van der Waals surface area (Å²) >= 11 is 5.93. The molecule has 5 nitrogen and oxygen atoms in total. The molecule has 0 aromatic carbocycles. The zero-order valence-electron chi connectivity index (χ0n) is 9.53. The number of halogens is 1. The van der Waals surface area contributed by atoms with Crippen molar-refractivity contribution in [2.24, 2.45) is 11.8 Å². The molecule has 4 N–H and O–H groups in total. The van der Waals surface area contributed by atoms with Crippen LogP contribution in [0.5, 0.6) is 0 Å². The van der Waals surface area contributed by atoms with Gasteiger partial charge in [-0.25, -0.2) is 10.8 Å². The predicted molar refractivity (Wildman–Crippen MR) is 66.7 cm³/mol. The Labute approximate surface area is 105 Å². The van der Waals surface area contributed by atoms with Gasteiger partial charge in [-0.05, 0) is 37.8 Å².